The molecule has 224 valence electrons. The number of pyridine rings is 1. The molecule has 0 saturated heterocycles. The van der Waals surface area contributed by atoms with Crippen LogP contribution in [0.15, 0.2) is 66.9 Å². The van der Waals surface area contributed by atoms with Crippen LogP contribution >= 0.6 is 23.2 Å². The zero-order valence-corrected chi connectivity index (χ0v) is 26.2. The summed E-state index contributed by atoms with van der Waals surface area (Å²) >= 11 is 13.1. The zero-order valence-electron chi connectivity index (χ0n) is 23.8. The Kier molecular flexibility index (Phi) is 9.34. The van der Waals surface area contributed by atoms with Gasteiger partial charge in [0.1, 0.15) is 6.10 Å². The lowest BCUT2D eigenvalue weighted by Gasteiger charge is -2.49. The van der Waals surface area contributed by atoms with Crippen LogP contribution in [0.25, 0.3) is 0 Å². The predicted molar refractivity (Wildman–Crippen MR) is 167 cm³/mol. The number of nitrogens with one attached hydrogen (secondary N) is 2. The Labute approximate surface area is 257 Å². The van der Waals surface area contributed by atoms with E-state index < -0.39 is 34.1 Å². The van der Waals surface area contributed by atoms with Crippen molar-refractivity contribution in [3.63, 3.8) is 0 Å². The predicted octanol–water partition coefficient (Wildman–Crippen LogP) is 5.57. The molecule has 2 heterocycles. The second-order valence-corrected chi connectivity index (χ2v) is 15.1. The van der Waals surface area contributed by atoms with Crippen molar-refractivity contribution in [3.05, 3.63) is 99.3 Å². The summed E-state index contributed by atoms with van der Waals surface area (Å²) in [5, 5.41) is 0.795. The molecule has 42 heavy (non-hydrogen) atoms. The van der Waals surface area contributed by atoms with Crippen LogP contribution in [0.2, 0.25) is 10.0 Å². The molecule has 0 bridgehead atoms. The first-order valence-electron chi connectivity index (χ1n) is 14.1. The molecular formula is C31H36Cl2N4O4S. The Morgan fingerprint density at radius 2 is 1.79 bits per heavy atom. The van der Waals surface area contributed by atoms with E-state index in [1.807, 2.05) is 24.3 Å². The first-order chi connectivity index (χ1) is 20.0. The minimum atomic E-state index is -2.64. The summed E-state index contributed by atoms with van der Waals surface area (Å²) in [5.41, 5.74) is 4.95. The van der Waals surface area contributed by atoms with Crippen molar-refractivity contribution in [1.82, 2.24) is 20.1 Å². The van der Waals surface area contributed by atoms with Gasteiger partial charge < -0.3 is 4.90 Å². The van der Waals surface area contributed by atoms with Gasteiger partial charge in [-0.3, -0.25) is 28.3 Å². The lowest BCUT2D eigenvalue weighted by Crippen LogP contribution is -2.59. The number of carbonyl (C=O) groups is 2. The number of thiol groups is 1. The number of nitrogens with zero attached hydrogens (tertiary/aromatic N) is 2. The molecule has 5 atom stereocenters. The largest absolute Gasteiger partial charge is 0.326 e. The van der Waals surface area contributed by atoms with Crippen molar-refractivity contribution in [2.45, 2.75) is 62.8 Å². The van der Waals surface area contributed by atoms with Gasteiger partial charge in [0.05, 0.1) is 17.7 Å². The molecule has 1 saturated carbocycles. The SMILES string of the molecule is CC(ONC(=O)[C@@H]1c2ccccc2C(=O)N(C2CCCC[C@@H]2N[SH](C)(C)=O)[C@H]1c1ccc(Cl)cc1Cl)c1ccccn1. The maximum Gasteiger partial charge on any atom is 0.255 e. The first kappa shape index (κ1) is 30.6. The van der Waals surface area contributed by atoms with E-state index >= 15 is 0 Å². The van der Waals surface area contributed by atoms with E-state index in [-0.39, 0.29) is 18.0 Å². The molecule has 1 aliphatic heterocycles. The summed E-state index contributed by atoms with van der Waals surface area (Å²) in [6, 6.07) is 16.4. The van der Waals surface area contributed by atoms with E-state index in [4.69, 9.17) is 28.0 Å². The summed E-state index contributed by atoms with van der Waals surface area (Å²) in [6.45, 7) is 1.80. The number of hydrogen-bond donors (Lipinski definition) is 3. The molecule has 1 aliphatic carbocycles. The van der Waals surface area contributed by atoms with Crippen LogP contribution in [-0.2, 0) is 19.8 Å². The molecule has 2 unspecified atom stereocenters. The Bertz CT molecular complexity index is 1500. The third-order valence-corrected chi connectivity index (χ3v) is 9.46. The lowest BCUT2D eigenvalue weighted by atomic mass is 9.76. The van der Waals surface area contributed by atoms with E-state index in [9.17, 15) is 13.8 Å². The molecular weight excluding hydrogens is 595 g/mol. The van der Waals surface area contributed by atoms with Gasteiger partial charge in [0.15, 0.2) is 0 Å². The minimum absolute atomic E-state index is 0.200. The molecule has 2 aromatic carbocycles. The zero-order chi connectivity index (χ0) is 30.0. The summed E-state index contributed by atoms with van der Waals surface area (Å²) < 4.78 is 16.3. The van der Waals surface area contributed by atoms with Crippen LogP contribution in [-0.4, -0.2) is 50.5 Å². The van der Waals surface area contributed by atoms with Crippen LogP contribution in [0, 0.1) is 0 Å². The number of amides is 2. The summed E-state index contributed by atoms with van der Waals surface area (Å²) in [4.78, 5) is 40.5. The number of carbonyl (C=O) groups excluding carboxylic acids is 2. The van der Waals surface area contributed by atoms with Gasteiger partial charge in [-0.1, -0.05) is 76.5 Å². The summed E-state index contributed by atoms with van der Waals surface area (Å²) in [6.07, 6.45) is 7.82. The van der Waals surface area contributed by atoms with Gasteiger partial charge in [0, 0.05) is 46.4 Å². The van der Waals surface area contributed by atoms with E-state index in [0.29, 0.717) is 38.9 Å². The van der Waals surface area contributed by atoms with E-state index in [1.54, 1.807) is 66.9 Å². The van der Waals surface area contributed by atoms with Gasteiger partial charge in [0.2, 0.25) is 0 Å². The molecule has 2 amide bonds. The highest BCUT2D eigenvalue weighted by molar-refractivity contribution is 7.99. The maximum absolute atomic E-state index is 14.4. The Hall–Kier alpha value is -2.82. The van der Waals surface area contributed by atoms with Crippen molar-refractivity contribution >= 4 is 45.1 Å². The molecule has 5 rings (SSSR count). The molecule has 3 aromatic rings. The average Bonchev–Trinajstić information content (AvgIpc) is 2.96. The molecule has 2 aliphatic rings. The summed E-state index contributed by atoms with van der Waals surface area (Å²) in [5.74, 6) is -1.48. The maximum atomic E-state index is 14.4. The third-order valence-electron chi connectivity index (χ3n) is 7.94. The molecule has 1 aromatic heterocycles. The van der Waals surface area contributed by atoms with Gasteiger partial charge in [-0.05, 0) is 61.2 Å². The first-order valence-corrected chi connectivity index (χ1v) is 17.5. The highest BCUT2D eigenvalue weighted by atomic mass is 35.5. The fraction of sp³-hybridized carbons (Fsp3) is 0.387. The Balaban J connectivity index is 1.61. The number of halogens is 2. The van der Waals surface area contributed by atoms with Crippen molar-refractivity contribution in [3.8, 4) is 0 Å². The molecule has 2 N–H and O–H groups in total. The van der Waals surface area contributed by atoms with Gasteiger partial charge in [0.25, 0.3) is 11.8 Å². The quantitative estimate of drug-likeness (QED) is 0.223. The topological polar surface area (TPSA) is 101 Å². The molecule has 8 nitrogen and oxygen atoms in total. The second-order valence-electron chi connectivity index (χ2n) is 11.3. The summed E-state index contributed by atoms with van der Waals surface area (Å²) in [7, 11) is -2.64. The molecule has 0 spiro atoms. The highest BCUT2D eigenvalue weighted by Gasteiger charge is 2.49. The number of rotatable bonds is 8. The molecule has 0 radical (unpaired) electrons. The Morgan fingerprint density at radius 3 is 2.50 bits per heavy atom. The highest BCUT2D eigenvalue weighted by Crippen LogP contribution is 2.48. The normalized spacial score (nSPS) is 23.6. The van der Waals surface area contributed by atoms with Crippen molar-refractivity contribution in [1.29, 1.82) is 0 Å². The van der Waals surface area contributed by atoms with Crippen molar-refractivity contribution in [2.75, 3.05) is 12.5 Å². The van der Waals surface area contributed by atoms with Gasteiger partial charge in [-0.2, -0.15) is 0 Å². The van der Waals surface area contributed by atoms with Crippen molar-refractivity contribution < 1.29 is 18.6 Å². The minimum Gasteiger partial charge on any atom is -0.326 e. The van der Waals surface area contributed by atoms with Crippen LogP contribution in [0.4, 0.5) is 0 Å². The number of fused-ring (bicyclic) bond motifs is 1. The second kappa shape index (κ2) is 12.8. The number of hydrogen-bond acceptors (Lipinski definition) is 5. The number of benzene rings is 2. The monoisotopic (exact) mass is 630 g/mol. The number of aromatic nitrogens is 1. The molecule has 11 heteroatoms. The average molecular weight is 632 g/mol. The fourth-order valence-corrected chi connectivity index (χ4v) is 7.77. The standard InChI is InChI=1S/C31H36Cl2N4O4S/c1-19(25-12-8-9-17-34-25)41-35-30(38)28-21-10-4-5-11-22(21)31(39)37(29(28)23-16-15-20(32)18-24(23)33)27-14-7-6-13-26(27)36-42(2,3)40/h4-5,8-12,15-19,26-29,42H,6-7,13-14H2,1-3H3,(H,35,38)(H,36,40)/t19?,26-,27?,28+,29-/m0/s1. The van der Waals surface area contributed by atoms with Gasteiger partial charge in [-0.15, -0.1) is 0 Å². The van der Waals surface area contributed by atoms with Gasteiger partial charge >= 0.3 is 0 Å². The van der Waals surface area contributed by atoms with E-state index in [2.05, 4.69) is 15.2 Å². The van der Waals surface area contributed by atoms with Crippen molar-refractivity contribution in [2.24, 2.45) is 0 Å². The smallest absolute Gasteiger partial charge is 0.255 e. The number of hydroxylamine groups is 1. The molecule has 1 fully saturated rings. The van der Waals surface area contributed by atoms with E-state index in [0.717, 1.165) is 19.3 Å². The third kappa shape index (κ3) is 6.55. The Morgan fingerprint density at radius 1 is 1.05 bits per heavy atom. The van der Waals surface area contributed by atoms with Crippen LogP contribution in [0.1, 0.15) is 77.8 Å². The van der Waals surface area contributed by atoms with Gasteiger partial charge in [-0.25, -0.2) is 5.48 Å². The van der Waals surface area contributed by atoms with E-state index in [1.165, 1.54) is 0 Å². The fourth-order valence-electron chi connectivity index (χ4n) is 6.15. The van der Waals surface area contributed by atoms with Crippen LogP contribution in [0.3, 0.4) is 0 Å². The lowest BCUT2D eigenvalue weighted by molar-refractivity contribution is -0.142. The van der Waals surface area contributed by atoms with Crippen LogP contribution in [0.5, 0.6) is 0 Å². The van der Waals surface area contributed by atoms with Crippen LogP contribution < -0.4 is 10.2 Å².